The normalized spacial score (nSPS) is 33.4. The van der Waals surface area contributed by atoms with Crippen LogP contribution in [0, 0.1) is 17.3 Å². The molecule has 3 aliphatic heterocycles. The number of rotatable bonds is 9. The first kappa shape index (κ1) is 26.4. The second kappa shape index (κ2) is 9.46. The average Bonchev–Trinajstić information content (AvgIpc) is 3.25. The maximum atomic E-state index is 13.8. The molecule has 0 saturated carbocycles. The van der Waals surface area contributed by atoms with Gasteiger partial charge in [0.05, 0.1) is 17.9 Å². The van der Waals surface area contributed by atoms with Crippen molar-refractivity contribution < 1.29 is 24.2 Å². The Morgan fingerprint density at radius 2 is 1.91 bits per heavy atom. The van der Waals surface area contributed by atoms with Gasteiger partial charge in [-0.3, -0.25) is 14.4 Å². The SMILES string of the molecule is CCCNC(=O)[C@H]1[C@H]2C(=O)N(CCCO)C(C(=O)NC(C)(C)CC(C)(C)C)C23CC(Br)[C@@H]1O3. The number of fused-ring (bicyclic) bond motifs is 1. The summed E-state index contributed by atoms with van der Waals surface area (Å²) in [7, 11) is 0. The molecule has 2 bridgehead atoms. The number of hydrogen-bond acceptors (Lipinski definition) is 5. The van der Waals surface area contributed by atoms with Crippen molar-refractivity contribution in [2.24, 2.45) is 17.3 Å². The Hall–Kier alpha value is -1.19. The predicted molar refractivity (Wildman–Crippen MR) is 129 cm³/mol. The van der Waals surface area contributed by atoms with Crippen LogP contribution in [-0.4, -0.2) is 75.5 Å². The molecule has 9 heteroatoms. The number of hydrogen-bond donors (Lipinski definition) is 3. The summed E-state index contributed by atoms with van der Waals surface area (Å²) in [4.78, 5) is 42.0. The highest BCUT2D eigenvalue weighted by atomic mass is 79.9. The summed E-state index contributed by atoms with van der Waals surface area (Å²) < 4.78 is 6.45. The predicted octanol–water partition coefficient (Wildman–Crippen LogP) is 1.97. The fraction of sp³-hybridized carbons (Fsp3) is 0.875. The highest BCUT2D eigenvalue weighted by Crippen LogP contribution is 2.60. The number of nitrogens with zero attached hydrogens (tertiary/aromatic N) is 1. The van der Waals surface area contributed by atoms with Crippen LogP contribution in [0.3, 0.4) is 0 Å². The third-order valence-corrected chi connectivity index (χ3v) is 7.73. The lowest BCUT2D eigenvalue weighted by atomic mass is 9.70. The first-order chi connectivity index (χ1) is 15.3. The van der Waals surface area contributed by atoms with Gasteiger partial charge in [0.15, 0.2) is 0 Å². The maximum absolute atomic E-state index is 13.8. The second-order valence-corrected chi connectivity index (χ2v) is 12.9. The van der Waals surface area contributed by atoms with E-state index >= 15 is 0 Å². The molecule has 3 heterocycles. The van der Waals surface area contributed by atoms with Gasteiger partial charge in [-0.1, -0.05) is 43.6 Å². The van der Waals surface area contributed by atoms with Gasteiger partial charge in [-0.15, -0.1) is 0 Å². The minimum atomic E-state index is -1.05. The summed E-state index contributed by atoms with van der Waals surface area (Å²) in [6.07, 6.45) is 1.94. The van der Waals surface area contributed by atoms with E-state index in [2.05, 4.69) is 47.3 Å². The van der Waals surface area contributed by atoms with Gasteiger partial charge in [0, 0.05) is 30.1 Å². The molecule has 3 rings (SSSR count). The Morgan fingerprint density at radius 3 is 2.48 bits per heavy atom. The van der Waals surface area contributed by atoms with Crippen molar-refractivity contribution >= 4 is 33.7 Å². The Balaban J connectivity index is 1.96. The van der Waals surface area contributed by atoms with Gasteiger partial charge in [-0.05, 0) is 44.9 Å². The van der Waals surface area contributed by atoms with Crippen LogP contribution in [0.4, 0.5) is 0 Å². The first-order valence-corrected chi connectivity index (χ1v) is 13.0. The standard InChI is InChI=1S/C24H40BrN3O5/c1-7-9-26-19(30)15-16-21(32)28(10-8-11-29)18(24(16)12-14(25)17(15)33-24)20(31)27-23(5,6)13-22(2,3)4/h14-18,29H,7-13H2,1-6H3,(H,26,30)(H,27,31)/t14?,15-,16-,17-,18?,24?/m0/s1. The molecule has 0 aromatic heterocycles. The van der Waals surface area contributed by atoms with Gasteiger partial charge in [-0.25, -0.2) is 0 Å². The molecule has 3 fully saturated rings. The summed E-state index contributed by atoms with van der Waals surface area (Å²) >= 11 is 3.67. The quantitative estimate of drug-likeness (QED) is 0.395. The van der Waals surface area contributed by atoms with E-state index in [1.54, 1.807) is 4.90 Å². The molecular formula is C24H40BrN3O5. The number of carbonyl (C=O) groups excluding carboxylic acids is 3. The lowest BCUT2D eigenvalue weighted by Crippen LogP contribution is -2.59. The van der Waals surface area contributed by atoms with E-state index in [-0.39, 0.29) is 41.1 Å². The zero-order valence-electron chi connectivity index (χ0n) is 20.7. The molecule has 0 radical (unpaired) electrons. The van der Waals surface area contributed by atoms with Crippen LogP contribution < -0.4 is 10.6 Å². The smallest absolute Gasteiger partial charge is 0.246 e. The number of ether oxygens (including phenoxy) is 1. The minimum Gasteiger partial charge on any atom is -0.396 e. The number of aliphatic hydroxyl groups is 1. The Morgan fingerprint density at radius 1 is 1.24 bits per heavy atom. The maximum Gasteiger partial charge on any atom is 0.246 e. The number of carbonyl (C=O) groups is 3. The number of nitrogens with one attached hydrogen (secondary N) is 2. The van der Waals surface area contributed by atoms with E-state index in [0.717, 1.165) is 12.8 Å². The summed E-state index contributed by atoms with van der Waals surface area (Å²) in [6, 6.07) is -0.838. The number of halogens is 1. The zero-order chi connectivity index (χ0) is 24.8. The van der Waals surface area contributed by atoms with Crippen LogP contribution in [0.5, 0.6) is 0 Å². The molecular weight excluding hydrogens is 490 g/mol. The topological polar surface area (TPSA) is 108 Å². The number of likely N-dealkylation sites (tertiary alicyclic amines) is 1. The summed E-state index contributed by atoms with van der Waals surface area (Å²) in [5.74, 6) is -2.02. The fourth-order valence-corrected chi connectivity index (χ4v) is 7.29. The Labute approximate surface area is 205 Å². The molecule has 1 spiro atoms. The second-order valence-electron chi connectivity index (χ2n) is 11.7. The monoisotopic (exact) mass is 529 g/mol. The number of amides is 3. The van der Waals surface area contributed by atoms with E-state index in [9.17, 15) is 19.5 Å². The Kier molecular flexibility index (Phi) is 7.57. The number of alkyl halides is 1. The molecule has 0 aromatic rings. The van der Waals surface area contributed by atoms with E-state index < -0.39 is 35.1 Å². The molecule has 3 N–H and O–H groups in total. The van der Waals surface area contributed by atoms with Crippen LogP contribution >= 0.6 is 15.9 Å². The zero-order valence-corrected chi connectivity index (χ0v) is 22.3. The first-order valence-electron chi connectivity index (χ1n) is 12.1. The molecule has 0 aromatic carbocycles. The average molecular weight is 531 g/mol. The third kappa shape index (κ3) is 4.96. The lowest BCUT2D eigenvalue weighted by molar-refractivity contribution is -0.143. The molecule has 6 atom stereocenters. The number of aliphatic hydroxyl groups excluding tert-OH is 1. The fourth-order valence-electron chi connectivity index (χ4n) is 6.35. The molecule has 8 nitrogen and oxygen atoms in total. The van der Waals surface area contributed by atoms with Gasteiger partial charge in [0.1, 0.15) is 11.6 Å². The molecule has 3 aliphatic rings. The molecule has 0 aliphatic carbocycles. The molecule has 3 saturated heterocycles. The van der Waals surface area contributed by atoms with Gasteiger partial charge in [-0.2, -0.15) is 0 Å². The van der Waals surface area contributed by atoms with Crippen molar-refractivity contribution in [3.63, 3.8) is 0 Å². The highest BCUT2D eigenvalue weighted by molar-refractivity contribution is 9.09. The third-order valence-electron chi connectivity index (χ3n) is 6.88. The summed E-state index contributed by atoms with van der Waals surface area (Å²) in [5.41, 5.74) is -1.54. The lowest BCUT2D eigenvalue weighted by Gasteiger charge is -2.38. The van der Waals surface area contributed by atoms with Crippen molar-refractivity contribution in [1.82, 2.24) is 15.5 Å². The van der Waals surface area contributed by atoms with Crippen molar-refractivity contribution in [3.05, 3.63) is 0 Å². The van der Waals surface area contributed by atoms with Crippen LogP contribution in [-0.2, 0) is 19.1 Å². The van der Waals surface area contributed by atoms with Gasteiger partial charge >= 0.3 is 0 Å². The largest absolute Gasteiger partial charge is 0.396 e. The van der Waals surface area contributed by atoms with E-state index in [1.807, 2.05) is 20.8 Å². The van der Waals surface area contributed by atoms with Crippen molar-refractivity contribution in [2.45, 2.75) is 95.3 Å². The molecule has 3 unspecified atom stereocenters. The van der Waals surface area contributed by atoms with Crippen molar-refractivity contribution in [3.8, 4) is 0 Å². The summed E-state index contributed by atoms with van der Waals surface area (Å²) in [6.45, 7) is 13.0. The minimum absolute atomic E-state index is 0.00536. The van der Waals surface area contributed by atoms with E-state index in [4.69, 9.17) is 4.74 Å². The van der Waals surface area contributed by atoms with Gasteiger partial charge < -0.3 is 25.4 Å². The Bertz CT molecular complexity index is 783. The highest BCUT2D eigenvalue weighted by Gasteiger charge is 2.76. The molecule has 3 amide bonds. The van der Waals surface area contributed by atoms with Gasteiger partial charge in [0.25, 0.3) is 0 Å². The van der Waals surface area contributed by atoms with Crippen LogP contribution in [0.25, 0.3) is 0 Å². The van der Waals surface area contributed by atoms with E-state index in [1.165, 1.54) is 0 Å². The summed E-state index contributed by atoms with van der Waals surface area (Å²) in [5, 5.41) is 15.5. The molecule has 188 valence electrons. The molecule has 33 heavy (non-hydrogen) atoms. The van der Waals surface area contributed by atoms with Crippen LogP contribution in [0.1, 0.15) is 67.2 Å². The van der Waals surface area contributed by atoms with Crippen molar-refractivity contribution in [1.29, 1.82) is 0 Å². The van der Waals surface area contributed by atoms with Crippen LogP contribution in [0.15, 0.2) is 0 Å². The van der Waals surface area contributed by atoms with E-state index in [0.29, 0.717) is 19.4 Å². The van der Waals surface area contributed by atoms with Crippen molar-refractivity contribution in [2.75, 3.05) is 19.7 Å². The van der Waals surface area contributed by atoms with Gasteiger partial charge in [0.2, 0.25) is 17.7 Å². The van der Waals surface area contributed by atoms with Crippen LogP contribution in [0.2, 0.25) is 0 Å².